The Bertz CT molecular complexity index is 899. The molecule has 0 unspecified atom stereocenters. The lowest BCUT2D eigenvalue weighted by atomic mass is 10.0. The standard InChI is InChI=1S/C17H21N3O2.C5H10F3N/c1-5-13-15(16(21)22)20-7-6-19(17(20)18-13)14-11(3)8-10(2)9-12(14)4;1-2-3-9-4-5(6,7)8/h8-9H,5-7H2,1-4H3,(H,21,22);9H,2-4H2,1H3. The van der Waals surface area contributed by atoms with Gasteiger partial charge in [0.15, 0.2) is 5.69 Å². The molecule has 0 aliphatic carbocycles. The van der Waals surface area contributed by atoms with E-state index in [0.29, 0.717) is 30.9 Å². The van der Waals surface area contributed by atoms with Gasteiger partial charge in [-0.05, 0) is 51.3 Å². The minimum absolute atomic E-state index is 0.336. The molecular formula is C22H31F3N4O2. The van der Waals surface area contributed by atoms with E-state index in [9.17, 15) is 23.1 Å². The number of aryl methyl sites for hydroxylation is 4. The number of carbonyl (C=O) groups is 1. The Morgan fingerprint density at radius 2 is 1.77 bits per heavy atom. The van der Waals surface area contributed by atoms with E-state index in [1.165, 1.54) is 16.7 Å². The van der Waals surface area contributed by atoms with Crippen LogP contribution in [0.3, 0.4) is 0 Å². The molecular weight excluding hydrogens is 409 g/mol. The molecule has 0 fully saturated rings. The number of nitrogens with zero attached hydrogens (tertiary/aromatic N) is 3. The number of hydrogen-bond acceptors (Lipinski definition) is 4. The van der Waals surface area contributed by atoms with E-state index in [1.807, 2.05) is 18.4 Å². The van der Waals surface area contributed by atoms with Crippen LogP contribution < -0.4 is 10.2 Å². The average molecular weight is 441 g/mol. The number of anilines is 2. The summed E-state index contributed by atoms with van der Waals surface area (Å²) in [6.45, 7) is 11.0. The quantitative estimate of drug-likeness (QED) is 0.634. The van der Waals surface area contributed by atoms with Gasteiger partial charge in [0.05, 0.1) is 12.2 Å². The van der Waals surface area contributed by atoms with Gasteiger partial charge in [-0.1, -0.05) is 31.5 Å². The van der Waals surface area contributed by atoms with Crippen LogP contribution in [0.15, 0.2) is 12.1 Å². The fraction of sp³-hybridized carbons (Fsp3) is 0.545. The number of nitrogens with one attached hydrogen (secondary N) is 1. The predicted octanol–water partition coefficient (Wildman–Crippen LogP) is 4.77. The van der Waals surface area contributed by atoms with Gasteiger partial charge in [0.1, 0.15) is 0 Å². The maximum atomic E-state index is 11.5. The second kappa shape index (κ2) is 10.2. The highest BCUT2D eigenvalue weighted by Crippen LogP contribution is 2.36. The average Bonchev–Trinajstić information content (AvgIpc) is 3.20. The number of fused-ring (bicyclic) bond motifs is 1. The third-order valence-electron chi connectivity index (χ3n) is 5.00. The summed E-state index contributed by atoms with van der Waals surface area (Å²) in [5.41, 5.74) is 5.78. The van der Waals surface area contributed by atoms with Crippen molar-refractivity contribution >= 4 is 17.6 Å². The van der Waals surface area contributed by atoms with Crippen molar-refractivity contribution in [1.29, 1.82) is 0 Å². The normalized spacial score (nSPS) is 13.1. The van der Waals surface area contributed by atoms with Crippen molar-refractivity contribution in [2.45, 2.75) is 60.2 Å². The Labute approximate surface area is 181 Å². The highest BCUT2D eigenvalue weighted by atomic mass is 19.4. The van der Waals surface area contributed by atoms with E-state index in [-0.39, 0.29) is 0 Å². The lowest BCUT2D eigenvalue weighted by Crippen LogP contribution is -2.29. The zero-order chi connectivity index (χ0) is 23.3. The molecule has 2 N–H and O–H groups in total. The number of carboxylic acids is 1. The van der Waals surface area contributed by atoms with Gasteiger partial charge in [0, 0.05) is 18.8 Å². The summed E-state index contributed by atoms with van der Waals surface area (Å²) in [7, 11) is 0. The fourth-order valence-electron chi connectivity index (χ4n) is 3.91. The zero-order valence-corrected chi connectivity index (χ0v) is 18.7. The van der Waals surface area contributed by atoms with Crippen molar-refractivity contribution in [1.82, 2.24) is 14.9 Å². The molecule has 0 spiro atoms. The van der Waals surface area contributed by atoms with E-state index in [4.69, 9.17) is 0 Å². The van der Waals surface area contributed by atoms with Gasteiger partial charge in [-0.25, -0.2) is 9.78 Å². The van der Waals surface area contributed by atoms with Gasteiger partial charge < -0.3 is 19.9 Å². The second-order valence-corrected chi connectivity index (χ2v) is 7.71. The first-order chi connectivity index (χ1) is 14.5. The first kappa shape index (κ1) is 24.7. The highest BCUT2D eigenvalue weighted by molar-refractivity contribution is 5.88. The number of imidazole rings is 1. The molecule has 3 rings (SSSR count). The van der Waals surface area contributed by atoms with E-state index in [2.05, 4.69) is 48.1 Å². The first-order valence-corrected chi connectivity index (χ1v) is 10.5. The van der Waals surface area contributed by atoms with Crippen molar-refractivity contribution in [3.63, 3.8) is 0 Å². The van der Waals surface area contributed by atoms with Crippen LogP contribution in [0.1, 0.15) is 53.1 Å². The Morgan fingerprint density at radius 3 is 2.26 bits per heavy atom. The number of alkyl halides is 3. The Kier molecular flexibility index (Phi) is 8.11. The Balaban J connectivity index is 0.000000323. The molecule has 1 aliphatic heterocycles. The number of carboxylic acid groups (broad SMARTS) is 1. The van der Waals surface area contributed by atoms with E-state index in [1.54, 1.807) is 0 Å². The van der Waals surface area contributed by atoms with Crippen LogP contribution in [0, 0.1) is 20.8 Å². The van der Waals surface area contributed by atoms with Gasteiger partial charge in [-0.2, -0.15) is 13.2 Å². The number of rotatable bonds is 6. The summed E-state index contributed by atoms with van der Waals surface area (Å²) in [4.78, 5) is 18.3. The summed E-state index contributed by atoms with van der Waals surface area (Å²) < 4.78 is 35.8. The van der Waals surface area contributed by atoms with Crippen molar-refractivity contribution in [3.05, 3.63) is 40.2 Å². The van der Waals surface area contributed by atoms with E-state index < -0.39 is 18.7 Å². The Morgan fingerprint density at radius 1 is 1.16 bits per heavy atom. The van der Waals surface area contributed by atoms with Gasteiger partial charge in [0.2, 0.25) is 5.95 Å². The molecule has 1 aliphatic rings. The maximum absolute atomic E-state index is 11.5. The number of halogens is 3. The molecule has 0 radical (unpaired) electrons. The molecule has 2 aromatic rings. The lowest BCUT2D eigenvalue weighted by Gasteiger charge is -2.22. The number of benzene rings is 1. The van der Waals surface area contributed by atoms with E-state index in [0.717, 1.165) is 24.6 Å². The second-order valence-electron chi connectivity index (χ2n) is 7.71. The van der Waals surface area contributed by atoms with Crippen molar-refractivity contribution < 1.29 is 23.1 Å². The molecule has 1 aromatic heterocycles. The predicted molar refractivity (Wildman–Crippen MR) is 115 cm³/mol. The van der Waals surface area contributed by atoms with Gasteiger partial charge in [-0.15, -0.1) is 0 Å². The third-order valence-corrected chi connectivity index (χ3v) is 5.00. The summed E-state index contributed by atoms with van der Waals surface area (Å²) in [5, 5.41) is 11.7. The van der Waals surface area contributed by atoms with Crippen LogP contribution in [0.4, 0.5) is 24.8 Å². The Hall–Kier alpha value is -2.55. The van der Waals surface area contributed by atoms with Crippen LogP contribution >= 0.6 is 0 Å². The molecule has 31 heavy (non-hydrogen) atoms. The maximum Gasteiger partial charge on any atom is 0.401 e. The molecule has 6 nitrogen and oxygen atoms in total. The summed E-state index contributed by atoms with van der Waals surface area (Å²) in [6.07, 6.45) is -2.70. The van der Waals surface area contributed by atoms with Gasteiger partial charge in [-0.3, -0.25) is 0 Å². The van der Waals surface area contributed by atoms with E-state index >= 15 is 0 Å². The van der Waals surface area contributed by atoms with Crippen LogP contribution in [-0.2, 0) is 13.0 Å². The topological polar surface area (TPSA) is 70.4 Å². The molecule has 0 bridgehead atoms. The molecule has 0 saturated heterocycles. The van der Waals surface area contributed by atoms with Crippen molar-refractivity contribution in [3.8, 4) is 0 Å². The monoisotopic (exact) mass is 440 g/mol. The van der Waals surface area contributed by atoms with Crippen molar-refractivity contribution in [2.75, 3.05) is 24.5 Å². The molecule has 0 atom stereocenters. The number of aromatic nitrogens is 2. The van der Waals surface area contributed by atoms with Crippen LogP contribution in [0.25, 0.3) is 0 Å². The molecule has 2 heterocycles. The zero-order valence-electron chi connectivity index (χ0n) is 18.7. The summed E-state index contributed by atoms with van der Waals surface area (Å²) in [5.74, 6) is -0.140. The molecule has 0 saturated carbocycles. The minimum atomic E-state index is -4.06. The lowest BCUT2D eigenvalue weighted by molar-refractivity contribution is -0.124. The third kappa shape index (κ3) is 6.00. The van der Waals surface area contributed by atoms with Crippen LogP contribution in [0.5, 0.6) is 0 Å². The van der Waals surface area contributed by atoms with Crippen LogP contribution in [-0.4, -0.2) is 46.4 Å². The SMILES string of the molecule is CCCNCC(F)(F)F.CCc1nc2n(c1C(=O)O)CCN2c1c(C)cc(C)cc1C. The molecule has 172 valence electrons. The first-order valence-electron chi connectivity index (χ1n) is 10.5. The summed E-state index contributed by atoms with van der Waals surface area (Å²) in [6, 6.07) is 4.32. The smallest absolute Gasteiger partial charge is 0.401 e. The van der Waals surface area contributed by atoms with Gasteiger partial charge in [0.25, 0.3) is 0 Å². The van der Waals surface area contributed by atoms with Gasteiger partial charge >= 0.3 is 12.1 Å². The largest absolute Gasteiger partial charge is 0.477 e. The highest BCUT2D eigenvalue weighted by Gasteiger charge is 2.31. The molecule has 9 heteroatoms. The molecule has 1 aromatic carbocycles. The fourth-order valence-corrected chi connectivity index (χ4v) is 3.91. The summed E-state index contributed by atoms with van der Waals surface area (Å²) >= 11 is 0. The number of hydrogen-bond donors (Lipinski definition) is 2. The minimum Gasteiger partial charge on any atom is -0.477 e. The van der Waals surface area contributed by atoms with Crippen molar-refractivity contribution in [2.24, 2.45) is 0 Å². The number of aromatic carboxylic acids is 1. The molecule has 0 amide bonds. The van der Waals surface area contributed by atoms with Crippen LogP contribution in [0.2, 0.25) is 0 Å².